The van der Waals surface area contributed by atoms with Crippen LogP contribution in [0.2, 0.25) is 0 Å². The molecule has 3 rings (SSSR count). The van der Waals surface area contributed by atoms with Gasteiger partial charge in [0.1, 0.15) is 5.69 Å². The number of rotatable bonds is 3. The van der Waals surface area contributed by atoms with E-state index >= 15 is 0 Å². The van der Waals surface area contributed by atoms with E-state index in [0.717, 1.165) is 5.69 Å². The number of carbonyl (C=O) groups excluding carboxylic acids is 2. The summed E-state index contributed by atoms with van der Waals surface area (Å²) in [6.07, 6.45) is 1.33. The molecule has 3 N–H and O–H groups in total. The minimum atomic E-state index is -0.344. The number of urea groups is 1. The summed E-state index contributed by atoms with van der Waals surface area (Å²) >= 11 is 0. The Hall–Kier alpha value is -3.16. The number of amides is 3. The molecule has 2 heterocycles. The SMILES string of the molecule is O=C(Nc1ccccc1)NC1CCN(C(=O)c2ccc(=O)[nH]n2)CC1. The standard InChI is InChI=1S/C17H19N5O3/c23-15-7-6-14(20-21-15)16(24)22-10-8-13(9-11-22)19-17(25)18-12-4-2-1-3-5-12/h1-7,13H,8-11H2,(H,21,23)(H2,18,19,25). The molecular weight excluding hydrogens is 322 g/mol. The number of benzene rings is 1. The molecule has 1 fully saturated rings. The third-order valence-electron chi connectivity index (χ3n) is 4.05. The molecule has 1 aliphatic rings. The molecule has 0 spiro atoms. The van der Waals surface area contributed by atoms with Crippen LogP contribution in [0.4, 0.5) is 10.5 Å². The second kappa shape index (κ2) is 7.61. The highest BCUT2D eigenvalue weighted by Gasteiger charge is 2.25. The predicted octanol–water partition coefficient (Wildman–Crippen LogP) is 1.20. The van der Waals surface area contributed by atoms with E-state index in [-0.39, 0.29) is 29.2 Å². The van der Waals surface area contributed by atoms with Crippen LogP contribution in [-0.4, -0.2) is 46.2 Å². The Morgan fingerprint density at radius 2 is 1.80 bits per heavy atom. The zero-order valence-electron chi connectivity index (χ0n) is 13.6. The molecule has 1 aromatic carbocycles. The molecule has 1 aromatic heterocycles. The van der Waals surface area contributed by atoms with E-state index in [2.05, 4.69) is 20.8 Å². The molecule has 0 bridgehead atoms. The molecule has 1 aliphatic heterocycles. The van der Waals surface area contributed by atoms with Gasteiger partial charge >= 0.3 is 6.03 Å². The van der Waals surface area contributed by atoms with Gasteiger partial charge in [-0.05, 0) is 31.0 Å². The second-order valence-corrected chi connectivity index (χ2v) is 5.84. The number of aromatic nitrogens is 2. The van der Waals surface area contributed by atoms with Crippen molar-refractivity contribution in [1.29, 1.82) is 0 Å². The number of carbonyl (C=O) groups is 2. The van der Waals surface area contributed by atoms with Crippen LogP contribution in [0.3, 0.4) is 0 Å². The van der Waals surface area contributed by atoms with E-state index < -0.39 is 0 Å². The topological polar surface area (TPSA) is 107 Å². The normalized spacial score (nSPS) is 14.8. The molecular formula is C17H19N5O3. The van der Waals surface area contributed by atoms with Gasteiger partial charge in [0.2, 0.25) is 0 Å². The molecule has 8 heteroatoms. The number of hydrogen-bond acceptors (Lipinski definition) is 4. The van der Waals surface area contributed by atoms with Crippen LogP contribution in [0.25, 0.3) is 0 Å². The van der Waals surface area contributed by atoms with E-state index in [0.29, 0.717) is 25.9 Å². The number of piperidine rings is 1. The fourth-order valence-corrected chi connectivity index (χ4v) is 2.73. The summed E-state index contributed by atoms with van der Waals surface area (Å²) in [5, 5.41) is 11.7. The lowest BCUT2D eigenvalue weighted by Gasteiger charge is -2.32. The van der Waals surface area contributed by atoms with Crippen molar-refractivity contribution in [1.82, 2.24) is 20.4 Å². The smallest absolute Gasteiger partial charge is 0.319 e. The molecule has 130 valence electrons. The largest absolute Gasteiger partial charge is 0.337 e. The van der Waals surface area contributed by atoms with Gasteiger partial charge < -0.3 is 15.5 Å². The molecule has 3 amide bonds. The minimum absolute atomic E-state index is 0.0105. The Labute approximate surface area is 144 Å². The fourth-order valence-electron chi connectivity index (χ4n) is 2.73. The lowest BCUT2D eigenvalue weighted by atomic mass is 10.0. The second-order valence-electron chi connectivity index (χ2n) is 5.84. The quantitative estimate of drug-likeness (QED) is 0.779. The van der Waals surface area contributed by atoms with Crippen LogP contribution < -0.4 is 16.2 Å². The summed E-state index contributed by atoms with van der Waals surface area (Å²) in [6, 6.07) is 11.7. The number of anilines is 1. The van der Waals surface area contributed by atoms with Gasteiger partial charge in [-0.3, -0.25) is 9.59 Å². The zero-order valence-corrected chi connectivity index (χ0v) is 13.6. The monoisotopic (exact) mass is 341 g/mol. The first kappa shape index (κ1) is 16.7. The zero-order chi connectivity index (χ0) is 17.6. The number of likely N-dealkylation sites (tertiary alicyclic amines) is 1. The van der Waals surface area contributed by atoms with Gasteiger partial charge in [-0.15, -0.1) is 0 Å². The highest BCUT2D eigenvalue weighted by atomic mass is 16.2. The molecule has 0 atom stereocenters. The molecule has 2 aromatic rings. The van der Waals surface area contributed by atoms with Crippen molar-refractivity contribution in [3.8, 4) is 0 Å². The van der Waals surface area contributed by atoms with Gasteiger partial charge in [-0.2, -0.15) is 5.10 Å². The van der Waals surface area contributed by atoms with Crippen molar-refractivity contribution in [2.24, 2.45) is 0 Å². The lowest BCUT2D eigenvalue weighted by Crippen LogP contribution is -2.47. The van der Waals surface area contributed by atoms with E-state index in [1.807, 2.05) is 30.3 Å². The van der Waals surface area contributed by atoms with Crippen molar-refractivity contribution in [2.45, 2.75) is 18.9 Å². The summed E-state index contributed by atoms with van der Waals surface area (Å²) in [7, 11) is 0. The van der Waals surface area contributed by atoms with Crippen molar-refractivity contribution in [3.05, 3.63) is 58.5 Å². The maximum Gasteiger partial charge on any atom is 0.319 e. The Morgan fingerprint density at radius 1 is 1.08 bits per heavy atom. The van der Waals surface area contributed by atoms with E-state index in [1.165, 1.54) is 12.1 Å². The minimum Gasteiger partial charge on any atom is -0.337 e. The number of hydrogen-bond donors (Lipinski definition) is 3. The number of para-hydroxylation sites is 1. The number of nitrogens with one attached hydrogen (secondary N) is 3. The van der Waals surface area contributed by atoms with Crippen molar-refractivity contribution in [2.75, 3.05) is 18.4 Å². The van der Waals surface area contributed by atoms with Crippen LogP contribution in [-0.2, 0) is 0 Å². The first-order valence-corrected chi connectivity index (χ1v) is 8.09. The van der Waals surface area contributed by atoms with Crippen LogP contribution in [0.1, 0.15) is 23.3 Å². The molecule has 8 nitrogen and oxygen atoms in total. The summed E-state index contributed by atoms with van der Waals surface area (Å²) in [5.41, 5.74) is 0.605. The van der Waals surface area contributed by atoms with Gasteiger partial charge in [0.15, 0.2) is 0 Å². The molecule has 0 aliphatic carbocycles. The fraction of sp³-hybridized carbons (Fsp3) is 0.294. The van der Waals surface area contributed by atoms with Gasteiger partial charge in [0.25, 0.3) is 11.5 Å². The van der Waals surface area contributed by atoms with Gasteiger partial charge in [-0.25, -0.2) is 9.89 Å². The Kier molecular flexibility index (Phi) is 5.08. The van der Waals surface area contributed by atoms with E-state index in [4.69, 9.17) is 0 Å². The lowest BCUT2D eigenvalue weighted by molar-refractivity contribution is 0.0701. The van der Waals surface area contributed by atoms with Crippen LogP contribution in [0.15, 0.2) is 47.3 Å². The summed E-state index contributed by atoms with van der Waals surface area (Å²) < 4.78 is 0. The summed E-state index contributed by atoms with van der Waals surface area (Å²) in [4.78, 5) is 37.0. The average molecular weight is 341 g/mol. The van der Waals surface area contributed by atoms with E-state index in [1.54, 1.807) is 4.90 Å². The molecule has 0 radical (unpaired) electrons. The molecule has 1 saturated heterocycles. The highest BCUT2D eigenvalue weighted by Crippen LogP contribution is 2.13. The van der Waals surface area contributed by atoms with Crippen molar-refractivity contribution >= 4 is 17.6 Å². The van der Waals surface area contributed by atoms with E-state index in [9.17, 15) is 14.4 Å². The molecule has 0 saturated carbocycles. The number of H-pyrrole nitrogens is 1. The number of nitrogens with zero attached hydrogens (tertiary/aromatic N) is 2. The van der Waals surface area contributed by atoms with Gasteiger partial charge in [0, 0.05) is 30.9 Å². The maximum absolute atomic E-state index is 12.3. The maximum atomic E-state index is 12.3. The first-order valence-electron chi connectivity index (χ1n) is 8.09. The van der Waals surface area contributed by atoms with Gasteiger partial charge in [0.05, 0.1) is 0 Å². The Bertz CT molecular complexity index is 777. The Balaban J connectivity index is 1.48. The molecule has 25 heavy (non-hydrogen) atoms. The van der Waals surface area contributed by atoms with Crippen LogP contribution >= 0.6 is 0 Å². The van der Waals surface area contributed by atoms with Crippen molar-refractivity contribution in [3.63, 3.8) is 0 Å². The van der Waals surface area contributed by atoms with Crippen molar-refractivity contribution < 1.29 is 9.59 Å². The predicted molar refractivity (Wildman–Crippen MR) is 92.4 cm³/mol. The highest BCUT2D eigenvalue weighted by molar-refractivity contribution is 5.92. The first-order chi connectivity index (χ1) is 12.1. The van der Waals surface area contributed by atoms with Crippen LogP contribution in [0, 0.1) is 0 Å². The third-order valence-corrected chi connectivity index (χ3v) is 4.05. The Morgan fingerprint density at radius 3 is 2.44 bits per heavy atom. The third kappa shape index (κ3) is 4.43. The number of aromatic amines is 1. The summed E-state index contributed by atoms with van der Waals surface area (Å²) in [5.74, 6) is -0.219. The van der Waals surface area contributed by atoms with Gasteiger partial charge in [-0.1, -0.05) is 18.2 Å². The average Bonchev–Trinajstić information content (AvgIpc) is 2.63. The molecule has 0 unspecified atom stereocenters. The summed E-state index contributed by atoms with van der Waals surface area (Å²) in [6.45, 7) is 1.05. The van der Waals surface area contributed by atoms with Crippen LogP contribution in [0.5, 0.6) is 0 Å².